The Bertz CT molecular complexity index is 1570. The van der Waals surface area contributed by atoms with E-state index in [2.05, 4.69) is 75.2 Å². The summed E-state index contributed by atoms with van der Waals surface area (Å²) in [7, 11) is 0. The van der Waals surface area contributed by atoms with E-state index >= 15 is 0 Å². The Kier molecular flexibility index (Phi) is 6.18. The quantitative estimate of drug-likeness (QED) is 0.345. The molecule has 194 valence electrons. The van der Waals surface area contributed by atoms with E-state index in [0.717, 1.165) is 32.8 Å². The summed E-state index contributed by atoms with van der Waals surface area (Å²) in [6.07, 6.45) is 3.57. The maximum absolute atomic E-state index is 14.1. The zero-order valence-electron chi connectivity index (χ0n) is 21.4. The standard InChI is InChI=1S/C29H29BrN6O2/c1-4-24(37)34-12-11-22-27-23(15-34)35(29(38)20-9-10-21(30)26-25(20)31-16-32-26)13-14-36(27)28(33-22)19-7-5-18(6-8-19)17(2)3/h4-10,16-17,23H,1,11-15H2,2-3H3,(H,31,32)/t23-/m0/s1. The summed E-state index contributed by atoms with van der Waals surface area (Å²) >= 11 is 3.54. The van der Waals surface area contributed by atoms with Crippen LogP contribution in [0.3, 0.4) is 0 Å². The van der Waals surface area contributed by atoms with E-state index in [0.29, 0.717) is 49.6 Å². The Labute approximate surface area is 229 Å². The Morgan fingerprint density at radius 3 is 2.66 bits per heavy atom. The first-order valence-corrected chi connectivity index (χ1v) is 13.7. The molecule has 1 N–H and O–H groups in total. The van der Waals surface area contributed by atoms with E-state index < -0.39 is 0 Å². The van der Waals surface area contributed by atoms with Crippen LogP contribution in [0.5, 0.6) is 0 Å². The smallest absolute Gasteiger partial charge is 0.256 e. The molecule has 9 heteroatoms. The van der Waals surface area contributed by atoms with Gasteiger partial charge in [-0.1, -0.05) is 44.7 Å². The summed E-state index contributed by atoms with van der Waals surface area (Å²) in [5, 5.41) is 0. The Morgan fingerprint density at radius 1 is 1.13 bits per heavy atom. The van der Waals surface area contributed by atoms with Crippen molar-refractivity contribution in [2.75, 3.05) is 19.6 Å². The third-order valence-corrected chi connectivity index (χ3v) is 8.35. The Balaban J connectivity index is 1.44. The molecule has 0 bridgehead atoms. The monoisotopic (exact) mass is 572 g/mol. The van der Waals surface area contributed by atoms with E-state index in [-0.39, 0.29) is 17.9 Å². The molecule has 0 saturated carbocycles. The lowest BCUT2D eigenvalue weighted by Gasteiger charge is -2.38. The predicted molar refractivity (Wildman–Crippen MR) is 150 cm³/mol. The number of hydrogen-bond acceptors (Lipinski definition) is 4. The zero-order chi connectivity index (χ0) is 26.6. The van der Waals surface area contributed by atoms with Gasteiger partial charge in [-0.2, -0.15) is 0 Å². The SMILES string of the molecule is C=CC(=O)N1CCc2nc(-c3ccc(C(C)C)cc3)n3c2[C@H](C1)N(C(=O)c1ccc(Br)c2[nH]cnc12)CC3. The van der Waals surface area contributed by atoms with Gasteiger partial charge in [-0.3, -0.25) is 9.59 Å². The zero-order valence-corrected chi connectivity index (χ0v) is 23.0. The lowest BCUT2D eigenvalue weighted by Crippen LogP contribution is -2.47. The van der Waals surface area contributed by atoms with Crippen molar-refractivity contribution in [1.29, 1.82) is 0 Å². The molecule has 4 aromatic rings. The number of amides is 2. The highest BCUT2D eigenvalue weighted by Gasteiger charge is 2.40. The van der Waals surface area contributed by atoms with Gasteiger partial charge in [0.2, 0.25) is 5.91 Å². The number of imidazole rings is 2. The first-order valence-electron chi connectivity index (χ1n) is 12.9. The van der Waals surface area contributed by atoms with Crippen molar-refractivity contribution in [3.63, 3.8) is 0 Å². The minimum absolute atomic E-state index is 0.103. The Hall–Kier alpha value is -3.72. The second-order valence-corrected chi connectivity index (χ2v) is 11.0. The van der Waals surface area contributed by atoms with Gasteiger partial charge in [0.25, 0.3) is 5.91 Å². The van der Waals surface area contributed by atoms with Crippen LogP contribution in [-0.4, -0.2) is 60.8 Å². The molecule has 6 rings (SSSR count). The van der Waals surface area contributed by atoms with Crippen LogP contribution in [0.1, 0.15) is 53.1 Å². The molecule has 8 nitrogen and oxygen atoms in total. The number of aromatic amines is 1. The molecule has 38 heavy (non-hydrogen) atoms. The van der Waals surface area contributed by atoms with Crippen molar-refractivity contribution in [1.82, 2.24) is 29.3 Å². The fraction of sp³-hybridized carbons (Fsp3) is 0.310. The lowest BCUT2D eigenvalue weighted by molar-refractivity contribution is -0.126. The maximum atomic E-state index is 14.1. The largest absolute Gasteiger partial charge is 0.344 e. The average molecular weight is 573 g/mol. The molecule has 2 aromatic heterocycles. The predicted octanol–water partition coefficient (Wildman–Crippen LogP) is 5.08. The minimum atomic E-state index is -0.327. The molecule has 1 atom stereocenters. The van der Waals surface area contributed by atoms with Gasteiger partial charge in [0.15, 0.2) is 0 Å². The molecule has 0 saturated heterocycles. The summed E-state index contributed by atoms with van der Waals surface area (Å²) in [4.78, 5) is 43.1. The topological polar surface area (TPSA) is 87.1 Å². The van der Waals surface area contributed by atoms with Crippen LogP contribution < -0.4 is 0 Å². The molecule has 0 aliphatic carbocycles. The van der Waals surface area contributed by atoms with Crippen LogP contribution in [0.25, 0.3) is 22.4 Å². The van der Waals surface area contributed by atoms with Crippen LogP contribution in [0.4, 0.5) is 0 Å². The molecule has 2 amide bonds. The van der Waals surface area contributed by atoms with E-state index in [1.165, 1.54) is 11.6 Å². The second-order valence-electron chi connectivity index (χ2n) is 10.2. The number of aromatic nitrogens is 4. The van der Waals surface area contributed by atoms with Crippen LogP contribution in [-0.2, 0) is 17.8 Å². The van der Waals surface area contributed by atoms with E-state index in [4.69, 9.17) is 4.98 Å². The molecule has 2 aliphatic rings. The van der Waals surface area contributed by atoms with Gasteiger partial charge >= 0.3 is 0 Å². The lowest BCUT2D eigenvalue weighted by atomic mass is 10.0. The number of carbonyl (C=O) groups is 2. The first-order chi connectivity index (χ1) is 18.4. The summed E-state index contributed by atoms with van der Waals surface area (Å²) in [5.74, 6) is 1.14. The van der Waals surface area contributed by atoms with Crippen molar-refractivity contribution in [2.24, 2.45) is 0 Å². The van der Waals surface area contributed by atoms with Gasteiger partial charge in [-0.05, 0) is 45.6 Å². The highest BCUT2D eigenvalue weighted by Crippen LogP contribution is 2.38. The first kappa shape index (κ1) is 24.6. The van der Waals surface area contributed by atoms with Crippen LogP contribution in [0.2, 0.25) is 0 Å². The van der Waals surface area contributed by atoms with Crippen LogP contribution in [0.15, 0.2) is 59.9 Å². The van der Waals surface area contributed by atoms with Crippen LogP contribution in [0, 0.1) is 0 Å². The van der Waals surface area contributed by atoms with Gasteiger partial charge in [-0.15, -0.1) is 0 Å². The van der Waals surface area contributed by atoms with E-state index in [1.807, 2.05) is 17.0 Å². The van der Waals surface area contributed by atoms with Crippen molar-refractivity contribution < 1.29 is 9.59 Å². The number of halogens is 1. The molecule has 4 heterocycles. The average Bonchev–Trinajstić information content (AvgIpc) is 3.52. The molecule has 0 fully saturated rings. The molecule has 0 spiro atoms. The minimum Gasteiger partial charge on any atom is -0.344 e. The number of nitrogens with one attached hydrogen (secondary N) is 1. The fourth-order valence-corrected chi connectivity index (χ4v) is 6.11. The third-order valence-electron chi connectivity index (χ3n) is 7.69. The number of nitrogens with zero attached hydrogens (tertiary/aromatic N) is 5. The van der Waals surface area contributed by atoms with E-state index in [1.54, 1.807) is 11.2 Å². The van der Waals surface area contributed by atoms with Gasteiger partial charge in [0.1, 0.15) is 11.3 Å². The molecular weight excluding hydrogens is 544 g/mol. The summed E-state index contributed by atoms with van der Waals surface area (Å²) in [6.45, 7) is 10.1. The number of rotatable bonds is 4. The maximum Gasteiger partial charge on any atom is 0.256 e. The number of fused-ring (bicyclic) bond motifs is 1. The van der Waals surface area contributed by atoms with Crippen molar-refractivity contribution >= 4 is 38.8 Å². The molecule has 2 aromatic carbocycles. The number of carbonyl (C=O) groups excluding carboxylic acids is 2. The fourth-order valence-electron chi connectivity index (χ4n) is 5.67. The summed E-state index contributed by atoms with van der Waals surface area (Å²) in [6, 6.07) is 12.0. The van der Waals surface area contributed by atoms with Gasteiger partial charge in [0, 0.05) is 42.6 Å². The van der Waals surface area contributed by atoms with Crippen molar-refractivity contribution in [3.8, 4) is 11.4 Å². The van der Waals surface area contributed by atoms with Crippen molar-refractivity contribution in [3.05, 3.63) is 82.4 Å². The van der Waals surface area contributed by atoms with Gasteiger partial charge in [-0.25, -0.2) is 9.97 Å². The summed E-state index contributed by atoms with van der Waals surface area (Å²) in [5.41, 5.74) is 6.25. The molecule has 0 radical (unpaired) electrons. The van der Waals surface area contributed by atoms with Crippen LogP contribution >= 0.6 is 15.9 Å². The summed E-state index contributed by atoms with van der Waals surface area (Å²) < 4.78 is 3.10. The van der Waals surface area contributed by atoms with Gasteiger partial charge in [0.05, 0.1) is 34.8 Å². The third kappa shape index (κ3) is 3.96. The number of H-pyrrole nitrogens is 1. The highest BCUT2D eigenvalue weighted by atomic mass is 79.9. The Morgan fingerprint density at radius 2 is 1.92 bits per heavy atom. The second kappa shape index (κ2) is 9.54. The van der Waals surface area contributed by atoms with Gasteiger partial charge < -0.3 is 19.4 Å². The molecule has 0 unspecified atom stereocenters. The molecule has 2 aliphatic heterocycles. The normalized spacial score (nSPS) is 17.0. The number of benzene rings is 2. The van der Waals surface area contributed by atoms with Crippen molar-refractivity contribution in [2.45, 2.75) is 38.8 Å². The van der Waals surface area contributed by atoms with E-state index in [9.17, 15) is 9.59 Å². The molecular formula is C29H29BrN6O2. The highest BCUT2D eigenvalue weighted by molar-refractivity contribution is 9.10. The number of hydrogen-bond donors (Lipinski definition) is 1.